The molecule has 6 nitrogen and oxygen atoms in total. The maximum absolute atomic E-state index is 12.1. The number of ether oxygens (including phenoxy) is 1. The van der Waals surface area contributed by atoms with Crippen LogP contribution in [0.5, 0.6) is 0 Å². The van der Waals surface area contributed by atoms with Crippen molar-refractivity contribution in [1.29, 1.82) is 0 Å². The first kappa shape index (κ1) is 13.8. The maximum Gasteiger partial charge on any atom is 0.323 e. The predicted octanol–water partition coefficient (Wildman–Crippen LogP) is 1.06. The fraction of sp³-hybridized carbons (Fsp3) is 0.400. The number of H-pyrrole nitrogens is 1. The Morgan fingerprint density at radius 2 is 2.29 bits per heavy atom. The molecule has 1 fully saturated rings. The number of carbonyl (C=O) groups is 1. The van der Waals surface area contributed by atoms with Crippen LogP contribution in [0.4, 0.5) is 0 Å². The summed E-state index contributed by atoms with van der Waals surface area (Å²) in [5, 5.41) is 0. The molecule has 0 radical (unpaired) electrons. The SMILES string of the molecule is COC(=O)C1CCCN1Cc1nc2ccccc2[nH]c1=O. The summed E-state index contributed by atoms with van der Waals surface area (Å²) >= 11 is 0. The Kier molecular flexibility index (Phi) is 3.70. The number of aromatic amines is 1. The van der Waals surface area contributed by atoms with Gasteiger partial charge in [-0.25, -0.2) is 4.98 Å². The van der Waals surface area contributed by atoms with Gasteiger partial charge in [0, 0.05) is 6.54 Å². The first-order valence-electron chi connectivity index (χ1n) is 6.99. The van der Waals surface area contributed by atoms with Crippen LogP contribution >= 0.6 is 0 Å². The van der Waals surface area contributed by atoms with Gasteiger partial charge in [0.1, 0.15) is 11.7 Å². The zero-order valence-electron chi connectivity index (χ0n) is 11.8. The minimum Gasteiger partial charge on any atom is -0.468 e. The van der Waals surface area contributed by atoms with Crippen LogP contribution in [0.3, 0.4) is 0 Å². The Hall–Kier alpha value is -2.21. The second-order valence-corrected chi connectivity index (χ2v) is 5.18. The van der Waals surface area contributed by atoms with Crippen molar-refractivity contribution in [2.24, 2.45) is 0 Å². The van der Waals surface area contributed by atoms with Crippen LogP contribution in [0, 0.1) is 0 Å². The molecule has 1 unspecified atom stereocenters. The number of nitrogens with one attached hydrogen (secondary N) is 1. The molecule has 1 atom stereocenters. The molecule has 1 aliphatic rings. The van der Waals surface area contributed by atoms with Gasteiger partial charge < -0.3 is 9.72 Å². The molecule has 1 aromatic carbocycles. The van der Waals surface area contributed by atoms with E-state index in [-0.39, 0.29) is 17.6 Å². The topological polar surface area (TPSA) is 75.3 Å². The molecular formula is C15H17N3O3. The lowest BCUT2D eigenvalue weighted by molar-refractivity contribution is -0.146. The van der Waals surface area contributed by atoms with E-state index < -0.39 is 0 Å². The first-order chi connectivity index (χ1) is 10.2. The van der Waals surface area contributed by atoms with Gasteiger partial charge in [0.25, 0.3) is 5.56 Å². The zero-order valence-corrected chi connectivity index (χ0v) is 11.8. The number of rotatable bonds is 3. The van der Waals surface area contributed by atoms with E-state index in [4.69, 9.17) is 4.74 Å². The van der Waals surface area contributed by atoms with Crippen molar-refractivity contribution in [1.82, 2.24) is 14.9 Å². The third-order valence-corrected chi connectivity index (χ3v) is 3.86. The Morgan fingerprint density at radius 1 is 1.48 bits per heavy atom. The van der Waals surface area contributed by atoms with Crippen LogP contribution in [0.25, 0.3) is 11.0 Å². The van der Waals surface area contributed by atoms with Gasteiger partial charge in [0.2, 0.25) is 0 Å². The number of aromatic nitrogens is 2. The number of nitrogens with zero attached hydrogens (tertiary/aromatic N) is 2. The third kappa shape index (κ3) is 2.67. The monoisotopic (exact) mass is 287 g/mol. The molecule has 0 aliphatic carbocycles. The van der Waals surface area contributed by atoms with E-state index in [1.54, 1.807) is 0 Å². The summed E-state index contributed by atoms with van der Waals surface area (Å²) in [7, 11) is 1.39. The molecule has 21 heavy (non-hydrogen) atoms. The van der Waals surface area contributed by atoms with E-state index in [1.165, 1.54) is 7.11 Å². The summed E-state index contributed by atoms with van der Waals surface area (Å²) in [6.45, 7) is 1.13. The lowest BCUT2D eigenvalue weighted by atomic mass is 10.2. The normalized spacial score (nSPS) is 19.0. The lowest BCUT2D eigenvalue weighted by Crippen LogP contribution is -2.38. The summed E-state index contributed by atoms with van der Waals surface area (Å²) < 4.78 is 4.82. The van der Waals surface area contributed by atoms with Crippen molar-refractivity contribution in [3.8, 4) is 0 Å². The molecule has 1 N–H and O–H groups in total. The van der Waals surface area contributed by atoms with Gasteiger partial charge >= 0.3 is 5.97 Å². The van der Waals surface area contributed by atoms with Crippen molar-refractivity contribution in [3.63, 3.8) is 0 Å². The second kappa shape index (κ2) is 5.65. The van der Waals surface area contributed by atoms with Gasteiger partial charge in [-0.15, -0.1) is 0 Å². The average molecular weight is 287 g/mol. The van der Waals surface area contributed by atoms with Crippen LogP contribution in [0.15, 0.2) is 29.1 Å². The van der Waals surface area contributed by atoms with Gasteiger partial charge in [-0.1, -0.05) is 12.1 Å². The highest BCUT2D eigenvalue weighted by Gasteiger charge is 2.32. The summed E-state index contributed by atoms with van der Waals surface area (Å²) in [4.78, 5) is 33.1. The molecule has 6 heteroatoms. The van der Waals surface area contributed by atoms with Gasteiger partial charge in [-0.2, -0.15) is 0 Å². The minimum absolute atomic E-state index is 0.204. The molecular weight excluding hydrogens is 270 g/mol. The molecule has 1 aromatic heterocycles. The number of hydrogen-bond donors (Lipinski definition) is 1. The standard InChI is InChI=1S/C15H17N3O3/c1-21-15(20)13-7-4-8-18(13)9-12-14(19)17-11-6-3-2-5-10(11)16-12/h2-3,5-6,13H,4,7-9H2,1H3,(H,17,19). The minimum atomic E-state index is -0.275. The van der Waals surface area contributed by atoms with Crippen LogP contribution in [-0.2, 0) is 16.1 Å². The van der Waals surface area contributed by atoms with Crippen molar-refractivity contribution in [3.05, 3.63) is 40.3 Å². The highest BCUT2D eigenvalue weighted by Crippen LogP contribution is 2.20. The number of hydrogen-bond acceptors (Lipinski definition) is 5. The highest BCUT2D eigenvalue weighted by atomic mass is 16.5. The highest BCUT2D eigenvalue weighted by molar-refractivity contribution is 5.76. The number of carbonyl (C=O) groups excluding carboxylic acids is 1. The van der Waals surface area contributed by atoms with Crippen molar-refractivity contribution < 1.29 is 9.53 Å². The average Bonchev–Trinajstić information content (AvgIpc) is 2.95. The largest absolute Gasteiger partial charge is 0.468 e. The number of esters is 1. The lowest BCUT2D eigenvalue weighted by Gasteiger charge is -2.21. The fourth-order valence-electron chi connectivity index (χ4n) is 2.79. The molecule has 1 saturated heterocycles. The summed E-state index contributed by atoms with van der Waals surface area (Å²) in [6, 6.07) is 7.14. The number of benzene rings is 1. The third-order valence-electron chi connectivity index (χ3n) is 3.86. The summed E-state index contributed by atoms with van der Waals surface area (Å²) in [6.07, 6.45) is 1.68. The molecule has 2 aromatic rings. The molecule has 110 valence electrons. The van der Waals surface area contributed by atoms with Gasteiger partial charge in [-0.3, -0.25) is 14.5 Å². The Balaban J connectivity index is 1.89. The molecule has 3 rings (SSSR count). The number of para-hydroxylation sites is 2. The maximum atomic E-state index is 12.1. The van der Waals surface area contributed by atoms with Crippen LogP contribution < -0.4 is 5.56 Å². The van der Waals surface area contributed by atoms with Crippen molar-refractivity contribution >= 4 is 17.0 Å². The predicted molar refractivity (Wildman–Crippen MR) is 77.8 cm³/mol. The molecule has 0 saturated carbocycles. The number of fused-ring (bicyclic) bond motifs is 1. The fourth-order valence-corrected chi connectivity index (χ4v) is 2.79. The second-order valence-electron chi connectivity index (χ2n) is 5.18. The smallest absolute Gasteiger partial charge is 0.323 e. The van der Waals surface area contributed by atoms with Crippen molar-refractivity contribution in [2.45, 2.75) is 25.4 Å². The number of likely N-dealkylation sites (tertiary alicyclic amines) is 1. The number of methoxy groups -OCH3 is 1. The van der Waals surface area contributed by atoms with E-state index in [0.717, 1.165) is 30.4 Å². The quantitative estimate of drug-likeness (QED) is 0.854. The van der Waals surface area contributed by atoms with Crippen LogP contribution in [0.1, 0.15) is 18.5 Å². The molecule has 0 amide bonds. The van der Waals surface area contributed by atoms with Crippen LogP contribution in [-0.4, -0.2) is 40.5 Å². The van der Waals surface area contributed by atoms with E-state index in [0.29, 0.717) is 12.2 Å². The van der Waals surface area contributed by atoms with Crippen molar-refractivity contribution in [2.75, 3.05) is 13.7 Å². The first-order valence-corrected chi connectivity index (χ1v) is 6.99. The summed E-state index contributed by atoms with van der Waals surface area (Å²) in [5.74, 6) is -0.246. The zero-order chi connectivity index (χ0) is 14.8. The van der Waals surface area contributed by atoms with Crippen LogP contribution in [0.2, 0.25) is 0 Å². The molecule has 2 heterocycles. The van der Waals surface area contributed by atoms with Gasteiger partial charge in [0.15, 0.2) is 0 Å². The molecule has 0 spiro atoms. The van der Waals surface area contributed by atoms with E-state index >= 15 is 0 Å². The molecule has 0 bridgehead atoms. The van der Waals surface area contributed by atoms with Gasteiger partial charge in [0.05, 0.1) is 18.1 Å². The molecule has 1 aliphatic heterocycles. The Bertz CT molecular complexity index is 725. The van der Waals surface area contributed by atoms with E-state index in [9.17, 15) is 9.59 Å². The Morgan fingerprint density at radius 3 is 3.10 bits per heavy atom. The van der Waals surface area contributed by atoms with Gasteiger partial charge in [-0.05, 0) is 31.5 Å². The van der Waals surface area contributed by atoms with E-state index in [2.05, 4.69) is 9.97 Å². The Labute approximate surface area is 121 Å². The summed E-state index contributed by atoms with van der Waals surface area (Å²) in [5.41, 5.74) is 1.70. The van der Waals surface area contributed by atoms with E-state index in [1.807, 2.05) is 29.2 Å².